The fourth-order valence-electron chi connectivity index (χ4n) is 3.02. The van der Waals surface area contributed by atoms with Crippen molar-refractivity contribution in [3.05, 3.63) is 71.3 Å². The highest BCUT2D eigenvalue weighted by Gasteiger charge is 2.25. The Labute approximate surface area is 109 Å². The van der Waals surface area contributed by atoms with E-state index >= 15 is 0 Å². The van der Waals surface area contributed by atoms with Gasteiger partial charge in [0.1, 0.15) is 0 Å². The summed E-state index contributed by atoms with van der Waals surface area (Å²) in [6.45, 7) is 3.36. The van der Waals surface area contributed by atoms with Crippen LogP contribution < -0.4 is 5.32 Å². The molecule has 0 saturated carbocycles. The van der Waals surface area contributed by atoms with Crippen LogP contribution >= 0.6 is 0 Å². The Balaban J connectivity index is 2.11. The third-order valence-corrected chi connectivity index (χ3v) is 3.91. The predicted octanol–water partition coefficient (Wildman–Crippen LogP) is 3.35. The molecule has 92 valence electrons. The van der Waals surface area contributed by atoms with Crippen molar-refractivity contribution in [3.63, 3.8) is 0 Å². The molecule has 2 atom stereocenters. The Kier molecular flexibility index (Phi) is 3.16. The molecule has 0 saturated heterocycles. The lowest BCUT2D eigenvalue weighted by atomic mass is 9.84. The minimum absolute atomic E-state index is 0.463. The maximum Gasteiger partial charge on any atom is 0.0243 e. The minimum atomic E-state index is 0.463. The van der Waals surface area contributed by atoms with Gasteiger partial charge in [-0.15, -0.1) is 0 Å². The molecule has 1 heterocycles. The van der Waals surface area contributed by atoms with Crippen LogP contribution in [0.3, 0.4) is 0 Å². The summed E-state index contributed by atoms with van der Waals surface area (Å²) in [5, 5.41) is 3.64. The molecule has 2 aromatic rings. The first-order valence-corrected chi connectivity index (χ1v) is 6.72. The Bertz CT molecular complexity index is 518. The van der Waals surface area contributed by atoms with Gasteiger partial charge in [-0.05, 0) is 36.6 Å². The molecule has 0 amide bonds. The Morgan fingerprint density at radius 2 is 1.67 bits per heavy atom. The van der Waals surface area contributed by atoms with Gasteiger partial charge < -0.3 is 5.32 Å². The van der Waals surface area contributed by atoms with Crippen LogP contribution in [0.5, 0.6) is 0 Å². The zero-order chi connectivity index (χ0) is 12.4. The second-order valence-electron chi connectivity index (χ2n) is 5.08. The number of nitrogens with one attached hydrogen (secondary N) is 1. The predicted molar refractivity (Wildman–Crippen MR) is 75.9 cm³/mol. The molecule has 18 heavy (non-hydrogen) atoms. The maximum absolute atomic E-state index is 3.64. The number of benzene rings is 2. The quantitative estimate of drug-likeness (QED) is 0.802. The lowest BCUT2D eigenvalue weighted by Gasteiger charge is -2.24. The molecule has 1 heteroatoms. The van der Waals surface area contributed by atoms with Gasteiger partial charge in [-0.3, -0.25) is 0 Å². The van der Waals surface area contributed by atoms with E-state index in [0.29, 0.717) is 12.0 Å². The van der Waals surface area contributed by atoms with Crippen LogP contribution in [-0.4, -0.2) is 12.6 Å². The van der Waals surface area contributed by atoms with Crippen LogP contribution in [0.2, 0.25) is 0 Å². The van der Waals surface area contributed by atoms with E-state index in [2.05, 4.69) is 66.8 Å². The SMILES string of the molecule is C[C@H]1NCCc2ccccc2[C@H]1c1ccccc1. The van der Waals surface area contributed by atoms with Gasteiger partial charge in [0, 0.05) is 12.0 Å². The van der Waals surface area contributed by atoms with Crippen molar-refractivity contribution in [3.8, 4) is 0 Å². The monoisotopic (exact) mass is 237 g/mol. The molecule has 0 aromatic heterocycles. The molecule has 0 aliphatic carbocycles. The maximum atomic E-state index is 3.64. The summed E-state index contributed by atoms with van der Waals surface area (Å²) >= 11 is 0. The summed E-state index contributed by atoms with van der Waals surface area (Å²) in [5.74, 6) is 0.463. The van der Waals surface area contributed by atoms with Gasteiger partial charge in [0.05, 0.1) is 0 Å². The van der Waals surface area contributed by atoms with Gasteiger partial charge in [0.2, 0.25) is 0 Å². The zero-order valence-electron chi connectivity index (χ0n) is 10.8. The molecular weight excluding hydrogens is 218 g/mol. The Hall–Kier alpha value is -1.60. The molecule has 0 spiro atoms. The average Bonchev–Trinajstić information content (AvgIpc) is 2.58. The van der Waals surface area contributed by atoms with E-state index in [1.54, 1.807) is 0 Å². The van der Waals surface area contributed by atoms with Gasteiger partial charge in [-0.1, -0.05) is 54.6 Å². The average molecular weight is 237 g/mol. The number of hydrogen-bond acceptors (Lipinski definition) is 1. The van der Waals surface area contributed by atoms with Crippen molar-refractivity contribution < 1.29 is 0 Å². The van der Waals surface area contributed by atoms with Gasteiger partial charge >= 0.3 is 0 Å². The standard InChI is InChI=1S/C17H19N/c1-13-17(15-8-3-2-4-9-15)16-10-6-5-7-14(16)11-12-18-13/h2-10,13,17-18H,11-12H2,1H3/t13-,17-/m1/s1. The molecule has 2 aromatic carbocycles. The van der Waals surface area contributed by atoms with E-state index in [9.17, 15) is 0 Å². The molecule has 0 bridgehead atoms. The Morgan fingerprint density at radius 3 is 2.50 bits per heavy atom. The molecule has 1 N–H and O–H groups in total. The molecule has 1 aliphatic heterocycles. The third-order valence-electron chi connectivity index (χ3n) is 3.91. The van der Waals surface area contributed by atoms with E-state index in [0.717, 1.165) is 13.0 Å². The number of fused-ring (bicyclic) bond motifs is 1. The smallest absolute Gasteiger partial charge is 0.0243 e. The molecule has 1 aliphatic rings. The van der Waals surface area contributed by atoms with Crippen LogP contribution in [0.15, 0.2) is 54.6 Å². The summed E-state index contributed by atoms with van der Waals surface area (Å²) in [6.07, 6.45) is 1.13. The van der Waals surface area contributed by atoms with E-state index in [1.165, 1.54) is 16.7 Å². The highest BCUT2D eigenvalue weighted by molar-refractivity contribution is 5.40. The van der Waals surface area contributed by atoms with Gasteiger partial charge in [0.25, 0.3) is 0 Å². The zero-order valence-corrected chi connectivity index (χ0v) is 10.8. The van der Waals surface area contributed by atoms with Crippen molar-refractivity contribution in [2.45, 2.75) is 25.3 Å². The molecular formula is C17H19N. The normalized spacial score (nSPS) is 23.2. The van der Waals surface area contributed by atoms with Crippen LogP contribution in [0.1, 0.15) is 29.5 Å². The lowest BCUT2D eigenvalue weighted by molar-refractivity contribution is 0.521. The van der Waals surface area contributed by atoms with Crippen molar-refractivity contribution in [2.24, 2.45) is 0 Å². The summed E-state index contributed by atoms with van der Waals surface area (Å²) in [5.41, 5.74) is 4.39. The molecule has 0 unspecified atom stereocenters. The molecule has 3 rings (SSSR count). The highest BCUT2D eigenvalue weighted by atomic mass is 14.9. The first-order valence-electron chi connectivity index (χ1n) is 6.72. The molecule has 0 fully saturated rings. The number of hydrogen-bond donors (Lipinski definition) is 1. The van der Waals surface area contributed by atoms with Crippen molar-refractivity contribution >= 4 is 0 Å². The van der Waals surface area contributed by atoms with Crippen LogP contribution in [0, 0.1) is 0 Å². The second kappa shape index (κ2) is 4.95. The van der Waals surface area contributed by atoms with Crippen molar-refractivity contribution in [2.75, 3.05) is 6.54 Å². The summed E-state index contributed by atoms with van der Waals surface area (Å²) in [7, 11) is 0. The van der Waals surface area contributed by atoms with Crippen molar-refractivity contribution in [1.29, 1.82) is 0 Å². The largest absolute Gasteiger partial charge is 0.313 e. The topological polar surface area (TPSA) is 12.0 Å². The highest BCUT2D eigenvalue weighted by Crippen LogP contribution is 2.32. The summed E-state index contributed by atoms with van der Waals surface area (Å²) < 4.78 is 0. The third kappa shape index (κ3) is 2.06. The van der Waals surface area contributed by atoms with Crippen LogP contribution in [0.4, 0.5) is 0 Å². The van der Waals surface area contributed by atoms with E-state index in [1.807, 2.05) is 0 Å². The fourth-order valence-corrected chi connectivity index (χ4v) is 3.02. The minimum Gasteiger partial charge on any atom is -0.313 e. The molecule has 1 nitrogen and oxygen atoms in total. The van der Waals surface area contributed by atoms with Crippen molar-refractivity contribution in [1.82, 2.24) is 5.32 Å². The second-order valence-corrected chi connectivity index (χ2v) is 5.08. The van der Waals surface area contributed by atoms with E-state index < -0.39 is 0 Å². The summed E-state index contributed by atoms with van der Waals surface area (Å²) in [6, 6.07) is 20.2. The first-order chi connectivity index (χ1) is 8.86. The van der Waals surface area contributed by atoms with E-state index in [-0.39, 0.29) is 0 Å². The lowest BCUT2D eigenvalue weighted by Crippen LogP contribution is -2.31. The Morgan fingerprint density at radius 1 is 0.944 bits per heavy atom. The molecule has 0 radical (unpaired) electrons. The first kappa shape index (κ1) is 11.5. The van der Waals surface area contributed by atoms with Gasteiger partial charge in [0.15, 0.2) is 0 Å². The van der Waals surface area contributed by atoms with Gasteiger partial charge in [-0.2, -0.15) is 0 Å². The fraction of sp³-hybridized carbons (Fsp3) is 0.294. The number of rotatable bonds is 1. The van der Waals surface area contributed by atoms with Crippen LogP contribution in [0.25, 0.3) is 0 Å². The van der Waals surface area contributed by atoms with Gasteiger partial charge in [-0.25, -0.2) is 0 Å². The van der Waals surface area contributed by atoms with Crippen LogP contribution in [-0.2, 0) is 6.42 Å². The van der Waals surface area contributed by atoms with E-state index in [4.69, 9.17) is 0 Å². The summed E-state index contributed by atoms with van der Waals surface area (Å²) in [4.78, 5) is 0.